The molecule has 16 heavy (non-hydrogen) atoms. The van der Waals surface area contributed by atoms with Gasteiger partial charge in [-0.15, -0.1) is 0 Å². The first kappa shape index (κ1) is 11.5. The zero-order chi connectivity index (χ0) is 11.4. The monoisotopic (exact) mass is 224 g/mol. The summed E-state index contributed by atoms with van der Waals surface area (Å²) >= 11 is 0. The molecule has 0 spiro atoms. The Morgan fingerprint density at radius 3 is 3.19 bits per heavy atom. The molecular formula is C11H20N4O. The molecule has 2 heterocycles. The smallest absolute Gasteiger partial charge is 0.228 e. The van der Waals surface area contributed by atoms with Crippen molar-refractivity contribution in [3.63, 3.8) is 0 Å². The summed E-state index contributed by atoms with van der Waals surface area (Å²) in [7, 11) is 0. The molecular weight excluding hydrogens is 204 g/mol. The largest absolute Gasteiger partial charge is 0.339 e. The standard InChI is InChI=1S/C11H20N4O/c1-2-15-7-3-4-9(15)8-11-13-10(5-6-12)14-16-11/h9H,2-8,12H2,1H3. The average Bonchev–Trinajstić information content (AvgIpc) is 2.89. The van der Waals surface area contributed by atoms with Crippen molar-refractivity contribution in [1.82, 2.24) is 15.0 Å². The van der Waals surface area contributed by atoms with Crippen LogP contribution in [0, 0.1) is 0 Å². The Morgan fingerprint density at radius 2 is 2.44 bits per heavy atom. The lowest BCUT2D eigenvalue weighted by Crippen LogP contribution is -2.30. The van der Waals surface area contributed by atoms with Crippen molar-refractivity contribution in [2.45, 2.75) is 38.6 Å². The van der Waals surface area contributed by atoms with Crippen molar-refractivity contribution in [2.75, 3.05) is 19.6 Å². The van der Waals surface area contributed by atoms with E-state index in [9.17, 15) is 0 Å². The Bertz CT molecular complexity index is 326. The van der Waals surface area contributed by atoms with Crippen LogP contribution in [0.25, 0.3) is 0 Å². The third kappa shape index (κ3) is 2.59. The van der Waals surface area contributed by atoms with Gasteiger partial charge in [0.25, 0.3) is 0 Å². The fourth-order valence-corrected chi connectivity index (χ4v) is 2.35. The summed E-state index contributed by atoms with van der Waals surface area (Å²) in [4.78, 5) is 6.83. The van der Waals surface area contributed by atoms with E-state index in [0.29, 0.717) is 19.0 Å². The second-order valence-corrected chi connectivity index (χ2v) is 4.27. The number of nitrogens with two attached hydrogens (primary N) is 1. The van der Waals surface area contributed by atoms with Gasteiger partial charge in [0.15, 0.2) is 5.82 Å². The molecule has 1 aromatic rings. The third-order valence-electron chi connectivity index (χ3n) is 3.19. The Kier molecular flexibility index (Phi) is 3.90. The van der Waals surface area contributed by atoms with E-state index >= 15 is 0 Å². The van der Waals surface area contributed by atoms with Gasteiger partial charge in [-0.1, -0.05) is 12.1 Å². The second-order valence-electron chi connectivity index (χ2n) is 4.27. The molecule has 5 heteroatoms. The van der Waals surface area contributed by atoms with Gasteiger partial charge in [-0.2, -0.15) is 4.98 Å². The maximum Gasteiger partial charge on any atom is 0.228 e. The van der Waals surface area contributed by atoms with Gasteiger partial charge in [-0.25, -0.2) is 0 Å². The molecule has 1 saturated heterocycles. The van der Waals surface area contributed by atoms with Crippen LogP contribution in [0.1, 0.15) is 31.5 Å². The summed E-state index contributed by atoms with van der Waals surface area (Å²) in [6.07, 6.45) is 4.10. The summed E-state index contributed by atoms with van der Waals surface area (Å²) in [5, 5.41) is 3.91. The lowest BCUT2D eigenvalue weighted by molar-refractivity contribution is 0.246. The van der Waals surface area contributed by atoms with E-state index in [4.69, 9.17) is 10.3 Å². The summed E-state index contributed by atoms with van der Waals surface area (Å²) < 4.78 is 5.23. The van der Waals surface area contributed by atoms with E-state index in [1.54, 1.807) is 0 Å². The minimum atomic E-state index is 0.573. The minimum absolute atomic E-state index is 0.573. The zero-order valence-electron chi connectivity index (χ0n) is 9.85. The summed E-state index contributed by atoms with van der Waals surface area (Å²) in [6.45, 7) is 5.08. The molecule has 1 aliphatic rings. The quantitative estimate of drug-likeness (QED) is 0.793. The normalized spacial score (nSPS) is 21.8. The maximum atomic E-state index is 5.45. The highest BCUT2D eigenvalue weighted by molar-refractivity contribution is 4.92. The number of hydrogen-bond donors (Lipinski definition) is 1. The van der Waals surface area contributed by atoms with Crippen LogP contribution in [-0.4, -0.2) is 40.7 Å². The first-order valence-electron chi connectivity index (χ1n) is 6.09. The van der Waals surface area contributed by atoms with Crippen molar-refractivity contribution in [1.29, 1.82) is 0 Å². The third-order valence-corrected chi connectivity index (χ3v) is 3.19. The molecule has 0 radical (unpaired) electrons. The predicted octanol–water partition coefficient (Wildman–Crippen LogP) is 0.598. The van der Waals surface area contributed by atoms with E-state index in [1.807, 2.05) is 0 Å². The Labute approximate surface area is 96.0 Å². The fourth-order valence-electron chi connectivity index (χ4n) is 2.35. The van der Waals surface area contributed by atoms with Crippen molar-refractivity contribution in [3.05, 3.63) is 11.7 Å². The van der Waals surface area contributed by atoms with Crippen LogP contribution in [0.3, 0.4) is 0 Å². The molecule has 0 bridgehead atoms. The van der Waals surface area contributed by atoms with Crippen molar-refractivity contribution >= 4 is 0 Å². The Morgan fingerprint density at radius 1 is 1.56 bits per heavy atom. The maximum absolute atomic E-state index is 5.45. The van der Waals surface area contributed by atoms with Gasteiger partial charge in [0.2, 0.25) is 5.89 Å². The highest BCUT2D eigenvalue weighted by Gasteiger charge is 2.25. The summed E-state index contributed by atoms with van der Waals surface area (Å²) in [5.74, 6) is 1.49. The van der Waals surface area contributed by atoms with Crippen LogP contribution < -0.4 is 5.73 Å². The van der Waals surface area contributed by atoms with Crippen LogP contribution in [0.15, 0.2) is 4.52 Å². The highest BCUT2D eigenvalue weighted by Crippen LogP contribution is 2.19. The minimum Gasteiger partial charge on any atom is -0.339 e. The van der Waals surface area contributed by atoms with Crippen LogP contribution in [0.2, 0.25) is 0 Å². The van der Waals surface area contributed by atoms with Gasteiger partial charge < -0.3 is 15.2 Å². The van der Waals surface area contributed by atoms with E-state index in [1.165, 1.54) is 19.4 Å². The fraction of sp³-hybridized carbons (Fsp3) is 0.818. The first-order chi connectivity index (χ1) is 7.83. The van der Waals surface area contributed by atoms with Gasteiger partial charge >= 0.3 is 0 Å². The molecule has 0 aromatic carbocycles. The van der Waals surface area contributed by atoms with Gasteiger partial charge in [0.05, 0.1) is 0 Å². The van der Waals surface area contributed by atoms with Gasteiger partial charge in [0.1, 0.15) is 0 Å². The van der Waals surface area contributed by atoms with Gasteiger partial charge in [0, 0.05) is 18.9 Å². The summed E-state index contributed by atoms with van der Waals surface area (Å²) in [5.41, 5.74) is 5.45. The second kappa shape index (κ2) is 5.41. The number of likely N-dealkylation sites (tertiary alicyclic amines) is 1. The molecule has 2 rings (SSSR count). The Balaban J connectivity index is 1.92. The molecule has 1 aliphatic heterocycles. The number of aromatic nitrogens is 2. The van der Waals surface area contributed by atoms with Crippen molar-refractivity contribution in [3.8, 4) is 0 Å². The highest BCUT2D eigenvalue weighted by atomic mass is 16.5. The van der Waals surface area contributed by atoms with Crippen molar-refractivity contribution < 1.29 is 4.52 Å². The number of nitrogens with zero attached hydrogens (tertiary/aromatic N) is 3. The van der Waals surface area contributed by atoms with Gasteiger partial charge in [-0.3, -0.25) is 0 Å². The number of rotatable bonds is 5. The topological polar surface area (TPSA) is 68.2 Å². The Hall–Kier alpha value is -0.940. The van der Waals surface area contributed by atoms with E-state index in [-0.39, 0.29) is 0 Å². The first-order valence-corrected chi connectivity index (χ1v) is 6.09. The van der Waals surface area contributed by atoms with E-state index < -0.39 is 0 Å². The number of hydrogen-bond acceptors (Lipinski definition) is 5. The molecule has 0 aliphatic carbocycles. The molecule has 0 amide bonds. The van der Waals surface area contributed by atoms with Crippen LogP contribution in [-0.2, 0) is 12.8 Å². The molecule has 2 N–H and O–H groups in total. The van der Waals surface area contributed by atoms with Crippen LogP contribution in [0.4, 0.5) is 0 Å². The van der Waals surface area contributed by atoms with E-state index in [0.717, 1.165) is 24.7 Å². The van der Waals surface area contributed by atoms with Crippen LogP contribution >= 0.6 is 0 Å². The SMILES string of the molecule is CCN1CCCC1Cc1nc(CCN)no1. The van der Waals surface area contributed by atoms with Crippen molar-refractivity contribution in [2.24, 2.45) is 5.73 Å². The predicted molar refractivity (Wildman–Crippen MR) is 61.0 cm³/mol. The molecule has 90 valence electrons. The lowest BCUT2D eigenvalue weighted by Gasteiger charge is -2.20. The molecule has 1 atom stereocenters. The van der Waals surface area contributed by atoms with E-state index in [2.05, 4.69) is 22.0 Å². The molecule has 1 aromatic heterocycles. The average molecular weight is 224 g/mol. The molecule has 0 saturated carbocycles. The molecule has 1 unspecified atom stereocenters. The lowest BCUT2D eigenvalue weighted by atomic mass is 10.1. The summed E-state index contributed by atoms with van der Waals surface area (Å²) in [6, 6.07) is 0.580. The van der Waals surface area contributed by atoms with Crippen LogP contribution in [0.5, 0.6) is 0 Å². The number of likely N-dealkylation sites (N-methyl/N-ethyl adjacent to an activating group) is 1. The zero-order valence-corrected chi connectivity index (χ0v) is 9.85. The molecule has 1 fully saturated rings. The molecule has 5 nitrogen and oxygen atoms in total. The van der Waals surface area contributed by atoms with Gasteiger partial charge in [-0.05, 0) is 32.5 Å².